The van der Waals surface area contributed by atoms with Gasteiger partial charge in [0.2, 0.25) is 0 Å². The summed E-state index contributed by atoms with van der Waals surface area (Å²) in [7, 11) is 1.45. The average molecular weight is 336 g/mol. The van der Waals surface area contributed by atoms with Gasteiger partial charge in [-0.05, 0) is 32.9 Å². The van der Waals surface area contributed by atoms with Gasteiger partial charge in [0.05, 0.1) is 10.7 Å². The zero-order valence-electron chi connectivity index (χ0n) is 13.4. The number of aromatic nitrogens is 2. The molecule has 0 saturated carbocycles. The van der Waals surface area contributed by atoms with Crippen LogP contribution in [0, 0.1) is 6.92 Å². The van der Waals surface area contributed by atoms with E-state index in [-0.39, 0.29) is 5.69 Å². The summed E-state index contributed by atoms with van der Waals surface area (Å²) in [6.07, 6.45) is 1.69. The quantitative estimate of drug-likeness (QED) is 0.932. The second kappa shape index (κ2) is 6.04. The molecule has 1 N–H and O–H groups in total. The molecule has 0 unspecified atom stereocenters. The number of carboxylic acids is 1. The number of para-hydroxylation sites is 1. The first-order valence-corrected chi connectivity index (χ1v) is 7.36. The molecule has 0 aliphatic carbocycles. The Morgan fingerprint density at radius 3 is 2.48 bits per heavy atom. The van der Waals surface area contributed by atoms with Crippen LogP contribution in [0.4, 0.5) is 0 Å². The van der Waals surface area contributed by atoms with Gasteiger partial charge in [-0.3, -0.25) is 4.79 Å². The molecule has 0 bridgehead atoms. The molecule has 1 aromatic heterocycles. The molecule has 6 nitrogen and oxygen atoms in total. The van der Waals surface area contributed by atoms with Crippen LogP contribution in [-0.4, -0.2) is 44.3 Å². The van der Waals surface area contributed by atoms with Crippen LogP contribution < -0.4 is 0 Å². The molecule has 0 aliphatic rings. The summed E-state index contributed by atoms with van der Waals surface area (Å²) in [5, 5.41) is 14.0. The lowest BCUT2D eigenvalue weighted by Gasteiger charge is -2.31. The van der Waals surface area contributed by atoms with Gasteiger partial charge in [0, 0.05) is 18.8 Å². The number of aryl methyl sites for hydroxylation is 1. The molecule has 7 heteroatoms. The maximum absolute atomic E-state index is 12.6. The Hall–Kier alpha value is -2.34. The molecule has 2 aromatic rings. The Balaban J connectivity index is 2.41. The minimum atomic E-state index is -1.34. The molecule has 1 amide bonds. The van der Waals surface area contributed by atoms with Crippen LogP contribution in [0.15, 0.2) is 30.5 Å². The van der Waals surface area contributed by atoms with E-state index in [2.05, 4.69) is 5.10 Å². The highest BCUT2D eigenvalue weighted by molar-refractivity contribution is 6.32. The van der Waals surface area contributed by atoms with Gasteiger partial charge in [-0.25, -0.2) is 9.48 Å². The highest BCUT2D eigenvalue weighted by Crippen LogP contribution is 2.22. The van der Waals surface area contributed by atoms with Crippen LogP contribution in [0.2, 0.25) is 5.02 Å². The predicted molar refractivity (Wildman–Crippen MR) is 87.1 cm³/mol. The molecular weight excluding hydrogens is 318 g/mol. The van der Waals surface area contributed by atoms with Gasteiger partial charge in [-0.1, -0.05) is 23.7 Å². The van der Waals surface area contributed by atoms with E-state index < -0.39 is 17.4 Å². The van der Waals surface area contributed by atoms with Crippen molar-refractivity contribution in [1.29, 1.82) is 0 Å². The number of halogens is 1. The fraction of sp³-hybridized carbons (Fsp3) is 0.312. The lowest BCUT2D eigenvalue weighted by Crippen LogP contribution is -2.51. The smallest absolute Gasteiger partial charge is 0.329 e. The molecular formula is C16H18ClN3O3. The molecule has 0 aliphatic heterocycles. The summed E-state index contributed by atoms with van der Waals surface area (Å²) in [6, 6.07) is 7.14. The van der Waals surface area contributed by atoms with Gasteiger partial charge in [0.15, 0.2) is 5.69 Å². The predicted octanol–water partition coefficient (Wildman–Crippen LogP) is 2.77. The third kappa shape index (κ3) is 3.07. The van der Waals surface area contributed by atoms with E-state index >= 15 is 0 Å². The number of benzene rings is 1. The summed E-state index contributed by atoms with van der Waals surface area (Å²) in [5.74, 6) is -1.54. The summed E-state index contributed by atoms with van der Waals surface area (Å²) >= 11 is 6.14. The molecule has 23 heavy (non-hydrogen) atoms. The molecule has 1 heterocycles. The van der Waals surface area contributed by atoms with E-state index in [4.69, 9.17) is 11.6 Å². The number of likely N-dealkylation sites (N-methyl/N-ethyl adjacent to an activating group) is 1. The highest BCUT2D eigenvalue weighted by Gasteiger charge is 2.37. The first-order valence-electron chi connectivity index (χ1n) is 6.99. The van der Waals surface area contributed by atoms with E-state index in [1.807, 2.05) is 6.07 Å². The maximum atomic E-state index is 12.6. The van der Waals surface area contributed by atoms with Crippen molar-refractivity contribution in [3.8, 4) is 5.69 Å². The zero-order valence-corrected chi connectivity index (χ0v) is 14.1. The molecule has 122 valence electrons. The molecule has 0 saturated heterocycles. The third-order valence-electron chi connectivity index (χ3n) is 3.87. The van der Waals surface area contributed by atoms with Crippen molar-refractivity contribution in [2.75, 3.05) is 7.05 Å². The first-order chi connectivity index (χ1) is 10.7. The van der Waals surface area contributed by atoms with Gasteiger partial charge >= 0.3 is 5.97 Å². The number of carbonyl (C=O) groups is 2. The van der Waals surface area contributed by atoms with Crippen LogP contribution in [0.5, 0.6) is 0 Å². The maximum Gasteiger partial charge on any atom is 0.329 e. The number of carboxylic acid groups (broad SMARTS) is 1. The van der Waals surface area contributed by atoms with Crippen molar-refractivity contribution in [2.45, 2.75) is 26.3 Å². The Morgan fingerprint density at radius 2 is 1.91 bits per heavy atom. The number of hydrogen-bond donors (Lipinski definition) is 1. The van der Waals surface area contributed by atoms with Crippen molar-refractivity contribution < 1.29 is 14.7 Å². The van der Waals surface area contributed by atoms with Gasteiger partial charge in [0.25, 0.3) is 5.91 Å². The molecule has 0 fully saturated rings. The Labute approximate surface area is 139 Å². The van der Waals surface area contributed by atoms with Gasteiger partial charge in [-0.15, -0.1) is 0 Å². The lowest BCUT2D eigenvalue weighted by atomic mass is 10.0. The van der Waals surface area contributed by atoms with E-state index in [1.165, 1.54) is 30.5 Å². The third-order valence-corrected chi connectivity index (χ3v) is 4.19. The number of carbonyl (C=O) groups excluding carboxylic acids is 1. The summed E-state index contributed by atoms with van der Waals surface area (Å²) < 4.78 is 1.52. The normalized spacial score (nSPS) is 11.3. The number of aliphatic carboxylic acids is 1. The Bertz CT molecular complexity index is 768. The second-order valence-corrected chi connectivity index (χ2v) is 6.19. The summed E-state index contributed by atoms with van der Waals surface area (Å²) in [6.45, 7) is 4.68. The van der Waals surface area contributed by atoms with E-state index in [0.717, 1.165) is 0 Å². The second-order valence-electron chi connectivity index (χ2n) is 5.79. The largest absolute Gasteiger partial charge is 0.480 e. The van der Waals surface area contributed by atoms with Crippen LogP contribution in [-0.2, 0) is 4.79 Å². The molecule has 2 rings (SSSR count). The van der Waals surface area contributed by atoms with Crippen molar-refractivity contribution in [1.82, 2.24) is 14.7 Å². The zero-order chi connectivity index (χ0) is 17.4. The van der Waals surface area contributed by atoms with E-state index in [1.54, 1.807) is 31.3 Å². The summed E-state index contributed by atoms with van der Waals surface area (Å²) in [5.41, 5.74) is 0.152. The topological polar surface area (TPSA) is 75.4 Å². The molecule has 0 atom stereocenters. The number of hydrogen-bond acceptors (Lipinski definition) is 3. The van der Waals surface area contributed by atoms with Crippen molar-refractivity contribution in [3.63, 3.8) is 0 Å². The summed E-state index contributed by atoms with van der Waals surface area (Å²) in [4.78, 5) is 25.1. The standard InChI is InChI=1S/C16H18ClN3O3/c1-10-9-20(12-8-6-5-7-11(12)17)18-13(10)14(21)19(4)16(2,3)15(22)23/h5-9H,1-4H3,(H,22,23). The lowest BCUT2D eigenvalue weighted by molar-refractivity contribution is -0.147. The van der Waals surface area contributed by atoms with Gasteiger partial charge in [0.1, 0.15) is 5.54 Å². The van der Waals surface area contributed by atoms with Crippen LogP contribution >= 0.6 is 11.6 Å². The van der Waals surface area contributed by atoms with Crippen molar-refractivity contribution in [2.24, 2.45) is 0 Å². The molecule has 0 spiro atoms. The fourth-order valence-electron chi connectivity index (χ4n) is 1.99. The van der Waals surface area contributed by atoms with E-state index in [0.29, 0.717) is 16.3 Å². The Morgan fingerprint density at radius 1 is 1.30 bits per heavy atom. The first kappa shape index (κ1) is 17.0. The average Bonchev–Trinajstić information content (AvgIpc) is 2.87. The van der Waals surface area contributed by atoms with Crippen molar-refractivity contribution >= 4 is 23.5 Å². The highest BCUT2D eigenvalue weighted by atomic mass is 35.5. The SMILES string of the molecule is Cc1cn(-c2ccccc2Cl)nc1C(=O)N(C)C(C)(C)C(=O)O. The minimum absolute atomic E-state index is 0.196. The van der Waals surface area contributed by atoms with Gasteiger partial charge < -0.3 is 10.0 Å². The Kier molecular flexibility index (Phi) is 4.47. The fourth-order valence-corrected chi connectivity index (χ4v) is 2.21. The molecule has 1 aromatic carbocycles. The van der Waals surface area contributed by atoms with E-state index in [9.17, 15) is 14.7 Å². The molecule has 0 radical (unpaired) electrons. The van der Waals surface area contributed by atoms with Crippen LogP contribution in [0.25, 0.3) is 5.69 Å². The number of amides is 1. The monoisotopic (exact) mass is 335 g/mol. The van der Waals surface area contributed by atoms with Crippen LogP contribution in [0.1, 0.15) is 29.9 Å². The van der Waals surface area contributed by atoms with Crippen LogP contribution in [0.3, 0.4) is 0 Å². The number of rotatable bonds is 4. The number of nitrogens with zero attached hydrogens (tertiary/aromatic N) is 3. The minimum Gasteiger partial charge on any atom is -0.480 e. The van der Waals surface area contributed by atoms with Crippen molar-refractivity contribution in [3.05, 3.63) is 46.7 Å². The van der Waals surface area contributed by atoms with Gasteiger partial charge in [-0.2, -0.15) is 5.10 Å².